The summed E-state index contributed by atoms with van der Waals surface area (Å²) in [6, 6.07) is 15.5. The van der Waals surface area contributed by atoms with Gasteiger partial charge in [-0.15, -0.1) is 0 Å². The molecule has 0 unspecified atom stereocenters. The van der Waals surface area contributed by atoms with Crippen molar-refractivity contribution >= 4 is 5.97 Å². The first-order valence-electron chi connectivity index (χ1n) is 10.8. The van der Waals surface area contributed by atoms with Crippen LogP contribution >= 0.6 is 0 Å². The molecule has 3 aromatic rings. The molecule has 0 aliphatic carbocycles. The topological polar surface area (TPSA) is 96.1 Å². The van der Waals surface area contributed by atoms with Gasteiger partial charge in [0.15, 0.2) is 5.82 Å². The van der Waals surface area contributed by atoms with E-state index in [4.69, 9.17) is 14.8 Å². The Morgan fingerprint density at radius 2 is 2.03 bits per heavy atom. The van der Waals surface area contributed by atoms with E-state index < -0.39 is 5.97 Å². The number of rotatable bonds is 9. The molecule has 0 saturated carbocycles. The summed E-state index contributed by atoms with van der Waals surface area (Å²) in [6.07, 6.45) is 3.98. The van der Waals surface area contributed by atoms with Crippen molar-refractivity contribution in [3.05, 3.63) is 65.4 Å². The number of benzene rings is 2. The molecule has 1 heterocycles. The van der Waals surface area contributed by atoms with Crippen LogP contribution in [0.25, 0.3) is 22.6 Å². The molecule has 0 saturated heterocycles. The second-order valence-electron chi connectivity index (χ2n) is 7.80. The van der Waals surface area contributed by atoms with Crippen LogP contribution in [0.4, 0.5) is 0 Å². The van der Waals surface area contributed by atoms with E-state index in [1.54, 1.807) is 18.3 Å². The SMILES string of the molecule is CCc1c(CCCC(=O)O)cccc1-c1ccnc(-c2ccc(OC(C)C)c(C#N)c2)n1. The summed E-state index contributed by atoms with van der Waals surface area (Å²) in [7, 11) is 0. The first kappa shape index (κ1) is 23.0. The van der Waals surface area contributed by atoms with Gasteiger partial charge in [0.25, 0.3) is 0 Å². The van der Waals surface area contributed by atoms with Gasteiger partial charge in [0.2, 0.25) is 0 Å². The Balaban J connectivity index is 1.96. The number of ether oxygens (including phenoxy) is 1. The van der Waals surface area contributed by atoms with E-state index in [0.29, 0.717) is 30.0 Å². The van der Waals surface area contributed by atoms with E-state index in [1.165, 1.54) is 5.56 Å². The third-order valence-electron chi connectivity index (χ3n) is 5.12. The summed E-state index contributed by atoms with van der Waals surface area (Å²) >= 11 is 0. The number of aliphatic carboxylic acids is 1. The molecule has 32 heavy (non-hydrogen) atoms. The van der Waals surface area contributed by atoms with Crippen LogP contribution in [0.2, 0.25) is 0 Å². The Morgan fingerprint density at radius 3 is 2.72 bits per heavy atom. The predicted molar refractivity (Wildman–Crippen MR) is 123 cm³/mol. The Bertz CT molecular complexity index is 1150. The van der Waals surface area contributed by atoms with Crippen molar-refractivity contribution in [3.63, 3.8) is 0 Å². The van der Waals surface area contributed by atoms with E-state index in [-0.39, 0.29) is 12.5 Å². The highest BCUT2D eigenvalue weighted by Gasteiger charge is 2.13. The van der Waals surface area contributed by atoms with Gasteiger partial charge in [-0.25, -0.2) is 9.97 Å². The molecule has 0 amide bonds. The van der Waals surface area contributed by atoms with Gasteiger partial charge in [-0.05, 0) is 68.5 Å². The van der Waals surface area contributed by atoms with Crippen LogP contribution in [-0.4, -0.2) is 27.1 Å². The summed E-state index contributed by atoms with van der Waals surface area (Å²) < 4.78 is 5.71. The maximum atomic E-state index is 10.9. The van der Waals surface area contributed by atoms with Crippen LogP contribution in [0.5, 0.6) is 5.75 Å². The number of nitriles is 1. The monoisotopic (exact) mass is 429 g/mol. The summed E-state index contributed by atoms with van der Waals surface area (Å²) in [5.74, 6) is 0.305. The lowest BCUT2D eigenvalue weighted by Crippen LogP contribution is -2.07. The normalized spacial score (nSPS) is 10.7. The van der Waals surface area contributed by atoms with Gasteiger partial charge in [0.05, 0.1) is 17.4 Å². The van der Waals surface area contributed by atoms with Crippen LogP contribution in [0.1, 0.15) is 50.3 Å². The maximum absolute atomic E-state index is 10.9. The fourth-order valence-electron chi connectivity index (χ4n) is 3.72. The molecule has 2 aromatic carbocycles. The lowest BCUT2D eigenvalue weighted by Gasteiger charge is -2.14. The molecule has 164 valence electrons. The molecule has 3 rings (SSSR count). The smallest absolute Gasteiger partial charge is 0.303 e. The number of hydrogen-bond acceptors (Lipinski definition) is 5. The Kier molecular flexibility index (Phi) is 7.56. The van der Waals surface area contributed by atoms with Gasteiger partial charge in [0.1, 0.15) is 11.8 Å². The molecular formula is C26H27N3O3. The van der Waals surface area contributed by atoms with Crippen molar-refractivity contribution < 1.29 is 14.6 Å². The van der Waals surface area contributed by atoms with Gasteiger partial charge in [-0.1, -0.05) is 25.1 Å². The molecule has 0 aliphatic rings. The third kappa shape index (κ3) is 5.50. The fraction of sp³-hybridized carbons (Fsp3) is 0.308. The number of aryl methyl sites for hydroxylation is 1. The third-order valence-corrected chi connectivity index (χ3v) is 5.12. The van der Waals surface area contributed by atoms with Gasteiger partial charge in [-0.2, -0.15) is 5.26 Å². The van der Waals surface area contributed by atoms with Crippen LogP contribution < -0.4 is 4.74 Å². The van der Waals surface area contributed by atoms with Crippen LogP contribution in [0.3, 0.4) is 0 Å². The molecule has 0 fully saturated rings. The van der Waals surface area contributed by atoms with Crippen LogP contribution in [0, 0.1) is 11.3 Å². The van der Waals surface area contributed by atoms with Crippen molar-refractivity contribution in [2.24, 2.45) is 0 Å². The molecule has 6 heteroatoms. The van der Waals surface area contributed by atoms with E-state index >= 15 is 0 Å². The molecule has 6 nitrogen and oxygen atoms in total. The molecule has 0 aliphatic heterocycles. The highest BCUT2D eigenvalue weighted by Crippen LogP contribution is 2.29. The molecule has 0 radical (unpaired) electrons. The quantitative estimate of drug-likeness (QED) is 0.487. The van der Waals surface area contributed by atoms with Gasteiger partial charge >= 0.3 is 5.97 Å². The Morgan fingerprint density at radius 1 is 1.22 bits per heavy atom. The standard InChI is InChI=1S/C26H27N3O3/c1-4-21-18(8-6-10-25(30)31)7-5-9-22(21)23-13-14-28-26(29-23)19-11-12-24(32-17(2)3)20(15-19)16-27/h5,7,9,11-15,17H,4,6,8,10H2,1-3H3,(H,30,31). The lowest BCUT2D eigenvalue weighted by molar-refractivity contribution is -0.137. The highest BCUT2D eigenvalue weighted by atomic mass is 16.5. The number of aromatic nitrogens is 2. The zero-order chi connectivity index (χ0) is 23.1. The van der Waals surface area contributed by atoms with Crippen molar-refractivity contribution in [1.29, 1.82) is 5.26 Å². The van der Waals surface area contributed by atoms with Gasteiger partial charge < -0.3 is 9.84 Å². The largest absolute Gasteiger partial charge is 0.490 e. The van der Waals surface area contributed by atoms with Crippen molar-refractivity contribution in [2.75, 3.05) is 0 Å². The van der Waals surface area contributed by atoms with E-state index in [0.717, 1.165) is 28.8 Å². The van der Waals surface area contributed by atoms with Crippen molar-refractivity contribution in [3.8, 4) is 34.5 Å². The summed E-state index contributed by atoms with van der Waals surface area (Å²) in [6.45, 7) is 5.93. The van der Waals surface area contributed by atoms with E-state index in [9.17, 15) is 10.1 Å². The number of nitrogens with zero attached hydrogens (tertiary/aromatic N) is 3. The second-order valence-corrected chi connectivity index (χ2v) is 7.80. The zero-order valence-electron chi connectivity index (χ0n) is 18.6. The summed E-state index contributed by atoms with van der Waals surface area (Å²) in [5, 5.41) is 18.5. The average molecular weight is 430 g/mol. The molecule has 0 atom stereocenters. The maximum Gasteiger partial charge on any atom is 0.303 e. The van der Waals surface area contributed by atoms with Crippen LogP contribution in [0.15, 0.2) is 48.7 Å². The predicted octanol–water partition coefficient (Wildman–Crippen LogP) is 5.44. The Labute approximate surface area is 188 Å². The molecular weight excluding hydrogens is 402 g/mol. The first-order valence-corrected chi connectivity index (χ1v) is 10.8. The molecule has 0 spiro atoms. The summed E-state index contributed by atoms with van der Waals surface area (Å²) in [4.78, 5) is 20.1. The van der Waals surface area contributed by atoms with Crippen molar-refractivity contribution in [2.45, 2.75) is 52.6 Å². The minimum atomic E-state index is -0.777. The number of carbonyl (C=O) groups is 1. The average Bonchev–Trinajstić information content (AvgIpc) is 2.78. The van der Waals surface area contributed by atoms with Gasteiger partial charge in [-0.3, -0.25) is 4.79 Å². The second kappa shape index (κ2) is 10.5. The molecule has 0 bridgehead atoms. The summed E-state index contributed by atoms with van der Waals surface area (Å²) in [5.41, 5.74) is 5.32. The Hall–Kier alpha value is -3.72. The lowest BCUT2D eigenvalue weighted by atomic mass is 9.93. The number of carboxylic acids is 1. The fourth-order valence-corrected chi connectivity index (χ4v) is 3.72. The number of hydrogen-bond donors (Lipinski definition) is 1. The molecule has 1 N–H and O–H groups in total. The van der Waals surface area contributed by atoms with E-state index in [1.807, 2.05) is 38.1 Å². The highest BCUT2D eigenvalue weighted by molar-refractivity contribution is 5.69. The van der Waals surface area contributed by atoms with Gasteiger partial charge in [0, 0.05) is 23.7 Å². The van der Waals surface area contributed by atoms with Crippen LogP contribution in [-0.2, 0) is 17.6 Å². The minimum Gasteiger partial charge on any atom is -0.490 e. The minimum absolute atomic E-state index is 0.0252. The molecule has 1 aromatic heterocycles. The zero-order valence-corrected chi connectivity index (χ0v) is 18.6. The van der Waals surface area contributed by atoms with Crippen molar-refractivity contribution in [1.82, 2.24) is 9.97 Å². The van der Waals surface area contributed by atoms with E-state index in [2.05, 4.69) is 24.0 Å². The first-order chi connectivity index (χ1) is 15.4. The number of carboxylic acid groups (broad SMARTS) is 1.